The predicted molar refractivity (Wildman–Crippen MR) is 107 cm³/mol. The Morgan fingerprint density at radius 3 is 2.75 bits per heavy atom. The van der Waals surface area contributed by atoms with Gasteiger partial charge in [0.15, 0.2) is 5.82 Å². The van der Waals surface area contributed by atoms with Gasteiger partial charge < -0.3 is 4.90 Å². The van der Waals surface area contributed by atoms with Crippen LogP contribution in [-0.4, -0.2) is 48.4 Å². The lowest BCUT2D eigenvalue weighted by molar-refractivity contribution is 0.0787. The van der Waals surface area contributed by atoms with Crippen molar-refractivity contribution in [1.82, 2.24) is 29.4 Å². The van der Waals surface area contributed by atoms with Crippen LogP contribution >= 0.6 is 0 Å². The maximum Gasteiger partial charge on any atom is 0.253 e. The lowest BCUT2D eigenvalue weighted by Gasteiger charge is -2.18. The average molecular weight is 378 g/mol. The van der Waals surface area contributed by atoms with E-state index in [4.69, 9.17) is 0 Å². The number of carbonyl (C=O) groups is 1. The van der Waals surface area contributed by atoms with Gasteiger partial charge in [-0.05, 0) is 52.3 Å². The second-order valence-electron chi connectivity index (χ2n) is 7.77. The largest absolute Gasteiger partial charge is 0.336 e. The smallest absolute Gasteiger partial charge is 0.253 e. The topological polar surface area (TPSA) is 68.8 Å². The molecule has 0 saturated carbocycles. The molecule has 1 aliphatic heterocycles. The number of aromatic nitrogens is 5. The van der Waals surface area contributed by atoms with Crippen LogP contribution in [0.3, 0.4) is 0 Å². The SMILES string of the molecule is Cc1cc(C)n([C@@H]2CCN(C(=O)c3cccc(-c4ncnn4C(C)C)c3)C2)n1. The molecule has 2 aromatic heterocycles. The first kappa shape index (κ1) is 18.4. The third-order valence-corrected chi connectivity index (χ3v) is 5.27. The minimum absolute atomic E-state index is 0.0569. The van der Waals surface area contributed by atoms with E-state index in [0.717, 1.165) is 35.7 Å². The Morgan fingerprint density at radius 2 is 2.04 bits per heavy atom. The maximum absolute atomic E-state index is 13.1. The molecule has 0 unspecified atom stereocenters. The fourth-order valence-corrected chi connectivity index (χ4v) is 3.95. The van der Waals surface area contributed by atoms with Crippen molar-refractivity contribution < 1.29 is 4.79 Å². The Bertz CT molecular complexity index is 1000. The van der Waals surface area contributed by atoms with Gasteiger partial charge in [-0.3, -0.25) is 9.48 Å². The summed E-state index contributed by atoms with van der Waals surface area (Å²) in [7, 11) is 0. The monoisotopic (exact) mass is 378 g/mol. The zero-order chi connectivity index (χ0) is 19.8. The fraction of sp³-hybridized carbons (Fsp3) is 0.429. The molecule has 3 heterocycles. The first-order valence-corrected chi connectivity index (χ1v) is 9.76. The van der Waals surface area contributed by atoms with Crippen molar-refractivity contribution in [2.75, 3.05) is 13.1 Å². The Kier molecular flexibility index (Phi) is 4.75. The number of benzene rings is 1. The molecule has 7 nitrogen and oxygen atoms in total. The average Bonchev–Trinajstić information content (AvgIpc) is 3.40. The van der Waals surface area contributed by atoms with Crippen molar-refractivity contribution in [2.45, 2.75) is 46.2 Å². The van der Waals surface area contributed by atoms with E-state index < -0.39 is 0 Å². The summed E-state index contributed by atoms with van der Waals surface area (Å²) < 4.78 is 3.93. The van der Waals surface area contributed by atoms with Crippen molar-refractivity contribution >= 4 is 5.91 Å². The van der Waals surface area contributed by atoms with Crippen LogP contribution in [0.2, 0.25) is 0 Å². The summed E-state index contributed by atoms with van der Waals surface area (Å²) in [6.45, 7) is 9.64. The molecule has 4 rings (SSSR count). The molecule has 1 saturated heterocycles. The normalized spacial score (nSPS) is 16.9. The highest BCUT2D eigenvalue weighted by Crippen LogP contribution is 2.26. The summed E-state index contributed by atoms with van der Waals surface area (Å²) in [5, 5.41) is 8.89. The minimum Gasteiger partial charge on any atom is -0.336 e. The number of aryl methyl sites for hydroxylation is 2. The van der Waals surface area contributed by atoms with Gasteiger partial charge in [-0.25, -0.2) is 9.67 Å². The van der Waals surface area contributed by atoms with E-state index in [-0.39, 0.29) is 18.0 Å². The van der Waals surface area contributed by atoms with Crippen molar-refractivity contribution in [2.24, 2.45) is 0 Å². The van der Waals surface area contributed by atoms with Crippen LogP contribution in [0, 0.1) is 13.8 Å². The molecule has 28 heavy (non-hydrogen) atoms. The molecule has 1 atom stereocenters. The number of amides is 1. The van der Waals surface area contributed by atoms with Crippen LogP contribution in [0.25, 0.3) is 11.4 Å². The summed E-state index contributed by atoms with van der Waals surface area (Å²) in [5.41, 5.74) is 3.76. The molecule has 1 aliphatic rings. The Hall–Kier alpha value is -2.96. The van der Waals surface area contributed by atoms with E-state index in [9.17, 15) is 4.79 Å². The second kappa shape index (κ2) is 7.22. The number of carbonyl (C=O) groups excluding carboxylic acids is 1. The molecule has 3 aromatic rings. The number of rotatable bonds is 4. The van der Waals surface area contributed by atoms with Crippen LogP contribution in [0.15, 0.2) is 36.7 Å². The summed E-state index contributed by atoms with van der Waals surface area (Å²) in [5.74, 6) is 0.841. The van der Waals surface area contributed by atoms with Gasteiger partial charge in [-0.15, -0.1) is 0 Å². The van der Waals surface area contributed by atoms with E-state index >= 15 is 0 Å². The highest BCUT2D eigenvalue weighted by molar-refractivity contribution is 5.95. The summed E-state index contributed by atoms with van der Waals surface area (Å²) in [6.07, 6.45) is 2.48. The molecule has 1 fully saturated rings. The van der Waals surface area contributed by atoms with Gasteiger partial charge in [0.25, 0.3) is 5.91 Å². The molecule has 0 N–H and O–H groups in total. The van der Waals surface area contributed by atoms with E-state index in [1.807, 2.05) is 40.8 Å². The van der Waals surface area contributed by atoms with Gasteiger partial charge in [0.1, 0.15) is 6.33 Å². The predicted octanol–water partition coefficient (Wildman–Crippen LogP) is 3.43. The van der Waals surface area contributed by atoms with Gasteiger partial charge in [0.2, 0.25) is 0 Å². The highest BCUT2D eigenvalue weighted by atomic mass is 16.2. The maximum atomic E-state index is 13.1. The lowest BCUT2D eigenvalue weighted by atomic mass is 10.1. The van der Waals surface area contributed by atoms with E-state index in [2.05, 4.69) is 46.7 Å². The quantitative estimate of drug-likeness (QED) is 0.697. The fourth-order valence-electron chi connectivity index (χ4n) is 3.95. The van der Waals surface area contributed by atoms with Crippen LogP contribution in [0.4, 0.5) is 0 Å². The zero-order valence-electron chi connectivity index (χ0n) is 16.8. The van der Waals surface area contributed by atoms with E-state index in [1.54, 1.807) is 6.33 Å². The van der Waals surface area contributed by atoms with Crippen LogP contribution in [-0.2, 0) is 0 Å². The molecule has 1 amide bonds. The van der Waals surface area contributed by atoms with Gasteiger partial charge in [-0.1, -0.05) is 12.1 Å². The molecule has 7 heteroatoms. The molecule has 146 valence electrons. The van der Waals surface area contributed by atoms with Crippen molar-refractivity contribution in [3.63, 3.8) is 0 Å². The van der Waals surface area contributed by atoms with Crippen LogP contribution < -0.4 is 0 Å². The molecule has 0 spiro atoms. The Labute approximate surface area is 165 Å². The highest BCUT2D eigenvalue weighted by Gasteiger charge is 2.29. The lowest BCUT2D eigenvalue weighted by Crippen LogP contribution is -2.29. The molecule has 0 radical (unpaired) electrons. The zero-order valence-corrected chi connectivity index (χ0v) is 16.8. The van der Waals surface area contributed by atoms with Crippen molar-refractivity contribution in [3.8, 4) is 11.4 Å². The van der Waals surface area contributed by atoms with Crippen LogP contribution in [0.1, 0.15) is 54.1 Å². The molecular formula is C21H26N6O. The molecule has 0 bridgehead atoms. The standard InChI is InChI=1S/C21H26N6O/c1-14(2)26-20(22-13-23-26)17-6-5-7-18(11-17)21(28)25-9-8-19(12-25)27-16(4)10-15(3)24-27/h5-7,10-11,13-14,19H,8-9,12H2,1-4H3/t19-/m1/s1. The number of nitrogens with zero attached hydrogens (tertiary/aromatic N) is 6. The van der Waals surface area contributed by atoms with Crippen LogP contribution in [0.5, 0.6) is 0 Å². The van der Waals surface area contributed by atoms with E-state index in [0.29, 0.717) is 12.1 Å². The van der Waals surface area contributed by atoms with Gasteiger partial charge in [-0.2, -0.15) is 10.2 Å². The molecule has 0 aliphatic carbocycles. The van der Waals surface area contributed by atoms with Crippen molar-refractivity contribution in [1.29, 1.82) is 0 Å². The number of hydrogen-bond donors (Lipinski definition) is 0. The Morgan fingerprint density at radius 1 is 1.21 bits per heavy atom. The van der Waals surface area contributed by atoms with Crippen molar-refractivity contribution in [3.05, 3.63) is 53.6 Å². The molecule has 1 aromatic carbocycles. The number of likely N-dealkylation sites (tertiary alicyclic amines) is 1. The van der Waals surface area contributed by atoms with Gasteiger partial charge in [0.05, 0.1) is 11.7 Å². The summed E-state index contributed by atoms with van der Waals surface area (Å²) in [6, 6.07) is 10.2. The summed E-state index contributed by atoms with van der Waals surface area (Å²) >= 11 is 0. The minimum atomic E-state index is 0.0569. The summed E-state index contributed by atoms with van der Waals surface area (Å²) in [4.78, 5) is 19.4. The third-order valence-electron chi connectivity index (χ3n) is 5.27. The first-order valence-electron chi connectivity index (χ1n) is 9.76. The second-order valence-corrected chi connectivity index (χ2v) is 7.77. The number of hydrogen-bond acceptors (Lipinski definition) is 4. The van der Waals surface area contributed by atoms with E-state index in [1.165, 1.54) is 0 Å². The first-order chi connectivity index (χ1) is 13.4. The Balaban J connectivity index is 1.54. The van der Waals surface area contributed by atoms with Gasteiger partial charge >= 0.3 is 0 Å². The van der Waals surface area contributed by atoms with Gasteiger partial charge in [0, 0.05) is 36.0 Å². The molecular weight excluding hydrogens is 352 g/mol. The third kappa shape index (κ3) is 3.32.